The van der Waals surface area contributed by atoms with E-state index in [0.717, 1.165) is 29.5 Å². The molecule has 0 spiro atoms. The normalized spacial score (nSPS) is 10.5. The number of nitrogens with zero attached hydrogens (tertiary/aromatic N) is 3. The topological polar surface area (TPSA) is 67.8 Å². The van der Waals surface area contributed by atoms with Crippen molar-refractivity contribution >= 4 is 22.4 Å². The quantitative estimate of drug-likeness (QED) is 0.805. The number of carbonyl (C=O) groups is 1. The molecule has 110 valence electrons. The Morgan fingerprint density at radius 3 is 2.86 bits per heavy atom. The molecule has 5 nitrogen and oxygen atoms in total. The summed E-state index contributed by atoms with van der Waals surface area (Å²) >= 11 is 1.10. The monoisotopic (exact) mass is 318 g/mol. The summed E-state index contributed by atoms with van der Waals surface area (Å²) < 4.78 is 26.9. The van der Waals surface area contributed by atoms with Gasteiger partial charge in [-0.3, -0.25) is 15.1 Å². The largest absolute Gasteiger partial charge is 0.296 e. The van der Waals surface area contributed by atoms with Gasteiger partial charge in [-0.25, -0.2) is 18.7 Å². The Labute approximate surface area is 127 Å². The van der Waals surface area contributed by atoms with Crippen molar-refractivity contribution in [2.45, 2.75) is 0 Å². The molecule has 2 heterocycles. The second-order valence-electron chi connectivity index (χ2n) is 4.21. The number of nitrogens with one attached hydrogen (secondary N) is 1. The minimum atomic E-state index is -0.585. The standard InChI is InChI=1S/C14H8F2N4OS/c15-8-1-2-10(16)9(5-8)12-7-22-14(19-12)20-13(21)11-6-17-3-4-18-11/h1-7H,(H,19,20,21). The highest BCUT2D eigenvalue weighted by atomic mass is 32.1. The Morgan fingerprint density at radius 2 is 2.09 bits per heavy atom. The van der Waals surface area contributed by atoms with E-state index in [-0.39, 0.29) is 22.1 Å². The summed E-state index contributed by atoms with van der Waals surface area (Å²) in [4.78, 5) is 23.6. The zero-order valence-corrected chi connectivity index (χ0v) is 11.8. The average molecular weight is 318 g/mol. The molecule has 3 aromatic rings. The van der Waals surface area contributed by atoms with E-state index in [1.165, 1.54) is 24.0 Å². The van der Waals surface area contributed by atoms with Crippen LogP contribution in [0.4, 0.5) is 13.9 Å². The number of aromatic nitrogens is 3. The van der Waals surface area contributed by atoms with Gasteiger partial charge in [-0.15, -0.1) is 11.3 Å². The summed E-state index contributed by atoms with van der Waals surface area (Å²) in [6.07, 6.45) is 4.16. The van der Waals surface area contributed by atoms with Crippen LogP contribution in [-0.2, 0) is 0 Å². The summed E-state index contributed by atoms with van der Waals surface area (Å²) in [6, 6.07) is 3.11. The number of rotatable bonds is 3. The molecule has 0 fully saturated rings. The van der Waals surface area contributed by atoms with Gasteiger partial charge in [0.15, 0.2) is 5.13 Å². The molecule has 0 bridgehead atoms. The van der Waals surface area contributed by atoms with E-state index in [0.29, 0.717) is 0 Å². The lowest BCUT2D eigenvalue weighted by molar-refractivity contribution is 0.102. The van der Waals surface area contributed by atoms with Crippen molar-refractivity contribution < 1.29 is 13.6 Å². The van der Waals surface area contributed by atoms with Crippen molar-refractivity contribution in [1.82, 2.24) is 15.0 Å². The van der Waals surface area contributed by atoms with Crippen LogP contribution in [0.3, 0.4) is 0 Å². The molecular weight excluding hydrogens is 310 g/mol. The third kappa shape index (κ3) is 2.96. The van der Waals surface area contributed by atoms with Crippen molar-refractivity contribution in [2.24, 2.45) is 0 Å². The van der Waals surface area contributed by atoms with E-state index in [1.54, 1.807) is 0 Å². The number of anilines is 1. The molecular formula is C14H8F2N4OS. The van der Waals surface area contributed by atoms with Gasteiger partial charge in [-0.1, -0.05) is 0 Å². The first-order valence-corrected chi connectivity index (χ1v) is 7.00. The summed E-state index contributed by atoms with van der Waals surface area (Å²) in [7, 11) is 0. The lowest BCUT2D eigenvalue weighted by Crippen LogP contribution is -2.13. The maximum Gasteiger partial charge on any atom is 0.277 e. The smallest absolute Gasteiger partial charge is 0.277 e. The number of amides is 1. The van der Waals surface area contributed by atoms with Gasteiger partial charge in [0.25, 0.3) is 5.91 Å². The lowest BCUT2D eigenvalue weighted by Gasteiger charge is -2.00. The van der Waals surface area contributed by atoms with Crippen LogP contribution in [-0.4, -0.2) is 20.9 Å². The summed E-state index contributed by atoms with van der Waals surface area (Å²) in [5, 5.41) is 4.32. The molecule has 1 N–H and O–H groups in total. The highest BCUT2D eigenvalue weighted by Gasteiger charge is 2.13. The molecule has 0 aliphatic rings. The zero-order valence-electron chi connectivity index (χ0n) is 11.0. The first kappa shape index (κ1) is 14.2. The minimum Gasteiger partial charge on any atom is -0.296 e. The van der Waals surface area contributed by atoms with Crippen LogP contribution >= 0.6 is 11.3 Å². The van der Waals surface area contributed by atoms with Gasteiger partial charge in [0.1, 0.15) is 17.3 Å². The number of hydrogen-bond acceptors (Lipinski definition) is 5. The van der Waals surface area contributed by atoms with Crippen LogP contribution in [0.5, 0.6) is 0 Å². The van der Waals surface area contributed by atoms with E-state index in [4.69, 9.17) is 0 Å². The summed E-state index contributed by atoms with van der Waals surface area (Å²) in [6.45, 7) is 0. The molecule has 0 aliphatic carbocycles. The molecule has 0 saturated carbocycles. The van der Waals surface area contributed by atoms with Crippen LogP contribution in [0, 0.1) is 11.6 Å². The number of halogens is 2. The first-order chi connectivity index (χ1) is 10.6. The highest BCUT2D eigenvalue weighted by molar-refractivity contribution is 7.14. The van der Waals surface area contributed by atoms with Gasteiger partial charge < -0.3 is 0 Å². The van der Waals surface area contributed by atoms with Crippen molar-refractivity contribution in [3.63, 3.8) is 0 Å². The number of carbonyl (C=O) groups excluding carboxylic acids is 1. The molecule has 0 atom stereocenters. The maximum absolute atomic E-state index is 13.7. The second kappa shape index (κ2) is 5.94. The van der Waals surface area contributed by atoms with E-state index in [2.05, 4.69) is 20.3 Å². The van der Waals surface area contributed by atoms with Gasteiger partial charge in [-0.2, -0.15) is 0 Å². The van der Waals surface area contributed by atoms with E-state index >= 15 is 0 Å². The van der Waals surface area contributed by atoms with Gasteiger partial charge in [0, 0.05) is 23.3 Å². The Morgan fingerprint density at radius 1 is 1.23 bits per heavy atom. The van der Waals surface area contributed by atoms with E-state index in [9.17, 15) is 13.6 Å². The predicted molar refractivity (Wildman–Crippen MR) is 77.5 cm³/mol. The van der Waals surface area contributed by atoms with Crippen molar-refractivity contribution in [2.75, 3.05) is 5.32 Å². The van der Waals surface area contributed by atoms with Crippen molar-refractivity contribution in [1.29, 1.82) is 0 Å². The van der Waals surface area contributed by atoms with Crippen molar-refractivity contribution in [3.05, 3.63) is 59.5 Å². The van der Waals surface area contributed by atoms with E-state index in [1.807, 2.05) is 0 Å². The van der Waals surface area contributed by atoms with Crippen LogP contribution in [0.2, 0.25) is 0 Å². The molecule has 0 radical (unpaired) electrons. The molecule has 22 heavy (non-hydrogen) atoms. The molecule has 1 amide bonds. The van der Waals surface area contributed by atoms with Crippen LogP contribution < -0.4 is 5.32 Å². The molecule has 2 aromatic heterocycles. The fraction of sp³-hybridized carbons (Fsp3) is 0. The first-order valence-electron chi connectivity index (χ1n) is 6.12. The van der Waals surface area contributed by atoms with Gasteiger partial charge in [-0.05, 0) is 18.2 Å². The fourth-order valence-electron chi connectivity index (χ4n) is 1.73. The molecule has 0 unspecified atom stereocenters. The lowest BCUT2D eigenvalue weighted by atomic mass is 10.1. The highest BCUT2D eigenvalue weighted by Crippen LogP contribution is 2.27. The van der Waals surface area contributed by atoms with Crippen LogP contribution in [0.15, 0.2) is 42.2 Å². The van der Waals surface area contributed by atoms with Crippen molar-refractivity contribution in [3.8, 4) is 11.3 Å². The third-order valence-corrected chi connectivity index (χ3v) is 3.48. The molecule has 3 rings (SSSR count). The van der Waals surface area contributed by atoms with Gasteiger partial charge >= 0.3 is 0 Å². The SMILES string of the molecule is O=C(Nc1nc(-c2cc(F)ccc2F)cs1)c1cnccn1. The Balaban J connectivity index is 1.82. The molecule has 8 heteroatoms. The molecule has 1 aromatic carbocycles. The predicted octanol–water partition coefficient (Wildman–Crippen LogP) is 3.13. The zero-order chi connectivity index (χ0) is 15.5. The van der Waals surface area contributed by atoms with E-state index < -0.39 is 17.5 Å². The van der Waals surface area contributed by atoms with Crippen LogP contribution in [0.25, 0.3) is 11.3 Å². The second-order valence-corrected chi connectivity index (χ2v) is 5.06. The van der Waals surface area contributed by atoms with Gasteiger partial charge in [0.05, 0.1) is 11.9 Å². The Hall–Kier alpha value is -2.74. The number of benzene rings is 1. The fourth-order valence-corrected chi connectivity index (χ4v) is 2.43. The third-order valence-electron chi connectivity index (χ3n) is 2.72. The maximum atomic E-state index is 13.7. The average Bonchev–Trinajstić information content (AvgIpc) is 2.99. The number of thiazole rings is 1. The Bertz CT molecular complexity index is 823. The molecule has 0 aliphatic heterocycles. The number of hydrogen-bond donors (Lipinski definition) is 1. The summed E-state index contributed by atoms with van der Waals surface area (Å²) in [5.41, 5.74) is 0.420. The molecule has 0 saturated heterocycles. The Kier molecular flexibility index (Phi) is 3.84. The minimum absolute atomic E-state index is 0.0382. The van der Waals surface area contributed by atoms with Crippen LogP contribution in [0.1, 0.15) is 10.5 Å². The summed E-state index contributed by atoms with van der Waals surface area (Å²) in [5.74, 6) is -1.62. The van der Waals surface area contributed by atoms with Gasteiger partial charge in [0.2, 0.25) is 0 Å².